The maximum atomic E-state index is 11.8. The van der Waals surface area contributed by atoms with E-state index in [-0.39, 0.29) is 13.2 Å². The predicted octanol–water partition coefficient (Wildman–Crippen LogP) is 3.39. The summed E-state index contributed by atoms with van der Waals surface area (Å²) < 4.78 is 5.07. The average molecular weight is 435 g/mol. The molecule has 9 heteroatoms. The van der Waals surface area contributed by atoms with Crippen LogP contribution in [0.1, 0.15) is 25.0 Å². The van der Waals surface area contributed by atoms with Gasteiger partial charge in [0.05, 0.1) is 11.4 Å². The summed E-state index contributed by atoms with van der Waals surface area (Å²) in [5, 5.41) is 9.20. The molecule has 0 aliphatic carbocycles. The van der Waals surface area contributed by atoms with E-state index in [9.17, 15) is 9.59 Å². The highest BCUT2D eigenvalue weighted by atomic mass is 35.5. The molecule has 0 atom stereocenters. The summed E-state index contributed by atoms with van der Waals surface area (Å²) in [6.45, 7) is 2.87. The molecule has 0 aliphatic rings. The van der Waals surface area contributed by atoms with Crippen LogP contribution < -0.4 is 10.9 Å². The number of rotatable bonds is 8. The number of halogens is 2. The molecular weight excluding hydrogens is 415 g/mol. The van der Waals surface area contributed by atoms with Gasteiger partial charge in [0.1, 0.15) is 13.2 Å². The highest BCUT2D eigenvalue weighted by Crippen LogP contribution is 2.10. The van der Waals surface area contributed by atoms with Crippen molar-refractivity contribution in [2.24, 2.45) is 10.2 Å². The summed E-state index contributed by atoms with van der Waals surface area (Å²) in [5.41, 5.74) is 7.60. The number of nitrogens with one attached hydrogen (secondary N) is 2. The Morgan fingerprint density at radius 3 is 1.45 bits per heavy atom. The van der Waals surface area contributed by atoms with E-state index in [0.29, 0.717) is 21.5 Å². The molecule has 7 nitrogen and oxygen atoms in total. The van der Waals surface area contributed by atoms with Crippen molar-refractivity contribution < 1.29 is 14.3 Å². The van der Waals surface area contributed by atoms with E-state index in [1.54, 1.807) is 62.4 Å². The third kappa shape index (κ3) is 8.03. The van der Waals surface area contributed by atoms with Gasteiger partial charge in [-0.1, -0.05) is 47.5 Å². The van der Waals surface area contributed by atoms with Gasteiger partial charge in [0, 0.05) is 10.0 Å². The zero-order chi connectivity index (χ0) is 21.2. The van der Waals surface area contributed by atoms with Gasteiger partial charge in [-0.15, -0.1) is 0 Å². The lowest BCUT2D eigenvalue weighted by atomic mass is 10.1. The molecule has 0 spiro atoms. The number of nitrogens with zero attached hydrogens (tertiary/aromatic N) is 2. The Bertz CT molecular complexity index is 835. The lowest BCUT2D eigenvalue weighted by Gasteiger charge is -2.05. The van der Waals surface area contributed by atoms with Crippen molar-refractivity contribution in [2.75, 3.05) is 13.2 Å². The standard InChI is InChI=1S/C20H20Cl2N4O3/c1-13(15-3-7-17(21)8-4-15)23-25-19(27)11-29-12-20(28)26-24-14(2)16-5-9-18(22)10-6-16/h3-10H,11-12H2,1-2H3,(H,25,27)(H,26,28)/b23-13+,24-14+. The monoisotopic (exact) mass is 434 g/mol. The van der Waals surface area contributed by atoms with Crippen LogP contribution in [0.4, 0.5) is 0 Å². The highest BCUT2D eigenvalue weighted by molar-refractivity contribution is 6.31. The molecule has 152 valence electrons. The maximum Gasteiger partial charge on any atom is 0.266 e. The van der Waals surface area contributed by atoms with Crippen LogP contribution in [0.15, 0.2) is 58.7 Å². The Morgan fingerprint density at radius 1 is 0.759 bits per heavy atom. The molecular formula is C20H20Cl2N4O3. The Morgan fingerprint density at radius 2 is 1.10 bits per heavy atom. The first kappa shape index (κ1) is 22.5. The Balaban J connectivity index is 1.71. The molecule has 2 aromatic rings. The van der Waals surface area contributed by atoms with E-state index >= 15 is 0 Å². The molecule has 0 heterocycles. The van der Waals surface area contributed by atoms with Gasteiger partial charge in [0.25, 0.3) is 11.8 Å². The van der Waals surface area contributed by atoms with Crippen LogP contribution >= 0.6 is 23.2 Å². The third-order valence-corrected chi connectivity index (χ3v) is 4.19. The molecule has 0 saturated carbocycles. The summed E-state index contributed by atoms with van der Waals surface area (Å²) in [4.78, 5) is 23.5. The number of benzene rings is 2. The molecule has 29 heavy (non-hydrogen) atoms. The minimum atomic E-state index is -0.480. The van der Waals surface area contributed by atoms with Crippen LogP contribution in [0.5, 0.6) is 0 Å². The lowest BCUT2D eigenvalue weighted by molar-refractivity contribution is -0.130. The minimum Gasteiger partial charge on any atom is -0.362 e. The normalized spacial score (nSPS) is 11.9. The summed E-state index contributed by atoms with van der Waals surface area (Å²) in [6, 6.07) is 14.1. The number of carbonyl (C=O) groups excluding carboxylic acids is 2. The summed E-state index contributed by atoms with van der Waals surface area (Å²) in [6.07, 6.45) is 0. The smallest absolute Gasteiger partial charge is 0.266 e. The van der Waals surface area contributed by atoms with Gasteiger partial charge in [-0.05, 0) is 49.2 Å². The average Bonchev–Trinajstić information content (AvgIpc) is 2.71. The molecule has 2 aromatic carbocycles. The molecule has 2 amide bonds. The van der Waals surface area contributed by atoms with Crippen molar-refractivity contribution in [3.63, 3.8) is 0 Å². The van der Waals surface area contributed by atoms with Crippen LogP contribution in [-0.4, -0.2) is 36.5 Å². The van der Waals surface area contributed by atoms with Crippen molar-refractivity contribution in [2.45, 2.75) is 13.8 Å². The number of hydrazone groups is 2. The van der Waals surface area contributed by atoms with Gasteiger partial charge in [-0.3, -0.25) is 9.59 Å². The Labute approximate surface area is 178 Å². The molecule has 0 unspecified atom stereocenters. The minimum absolute atomic E-state index is 0.315. The molecule has 0 radical (unpaired) electrons. The first-order chi connectivity index (χ1) is 13.8. The Hall–Kier alpha value is -2.74. The fourth-order valence-electron chi connectivity index (χ4n) is 2.10. The summed E-state index contributed by atoms with van der Waals surface area (Å²) >= 11 is 11.7. The fourth-order valence-corrected chi connectivity index (χ4v) is 2.36. The first-order valence-corrected chi connectivity index (χ1v) is 9.36. The molecule has 0 aromatic heterocycles. The van der Waals surface area contributed by atoms with Crippen molar-refractivity contribution in [1.29, 1.82) is 0 Å². The zero-order valence-electron chi connectivity index (χ0n) is 15.9. The summed E-state index contributed by atoms with van der Waals surface area (Å²) in [5.74, 6) is -0.959. The Kier molecular flexibility index (Phi) is 8.79. The molecule has 0 bridgehead atoms. The summed E-state index contributed by atoms with van der Waals surface area (Å²) in [7, 11) is 0. The van der Waals surface area contributed by atoms with Crippen LogP contribution in [0.2, 0.25) is 10.0 Å². The van der Waals surface area contributed by atoms with Crippen LogP contribution in [-0.2, 0) is 14.3 Å². The van der Waals surface area contributed by atoms with Gasteiger partial charge in [0.15, 0.2) is 0 Å². The van der Waals surface area contributed by atoms with Crippen LogP contribution in [0, 0.1) is 0 Å². The first-order valence-electron chi connectivity index (χ1n) is 8.61. The van der Waals surface area contributed by atoms with E-state index < -0.39 is 11.8 Å². The number of ether oxygens (including phenoxy) is 1. The number of hydrogen-bond donors (Lipinski definition) is 2. The van der Waals surface area contributed by atoms with Crippen molar-refractivity contribution in [3.05, 3.63) is 69.7 Å². The molecule has 0 saturated heterocycles. The number of carbonyl (C=O) groups is 2. The van der Waals surface area contributed by atoms with Gasteiger partial charge in [-0.25, -0.2) is 10.9 Å². The van der Waals surface area contributed by atoms with Crippen molar-refractivity contribution in [3.8, 4) is 0 Å². The van der Waals surface area contributed by atoms with Gasteiger partial charge >= 0.3 is 0 Å². The molecule has 2 N–H and O–H groups in total. The second-order valence-electron chi connectivity index (χ2n) is 5.97. The van der Waals surface area contributed by atoms with Crippen LogP contribution in [0.3, 0.4) is 0 Å². The van der Waals surface area contributed by atoms with Crippen molar-refractivity contribution in [1.82, 2.24) is 10.9 Å². The van der Waals surface area contributed by atoms with Gasteiger partial charge in [0.2, 0.25) is 0 Å². The second kappa shape index (κ2) is 11.3. The maximum absolute atomic E-state index is 11.8. The van der Waals surface area contributed by atoms with E-state index in [1.165, 1.54) is 0 Å². The second-order valence-corrected chi connectivity index (χ2v) is 6.84. The predicted molar refractivity (Wildman–Crippen MR) is 114 cm³/mol. The largest absolute Gasteiger partial charge is 0.362 e. The molecule has 0 fully saturated rings. The van der Waals surface area contributed by atoms with E-state index in [4.69, 9.17) is 27.9 Å². The lowest BCUT2D eigenvalue weighted by Crippen LogP contribution is -2.29. The topological polar surface area (TPSA) is 92.1 Å². The van der Waals surface area contributed by atoms with Gasteiger partial charge in [-0.2, -0.15) is 10.2 Å². The molecule has 2 rings (SSSR count). The quantitative estimate of drug-likeness (QED) is 0.492. The third-order valence-electron chi connectivity index (χ3n) is 3.69. The zero-order valence-corrected chi connectivity index (χ0v) is 17.4. The van der Waals surface area contributed by atoms with Crippen LogP contribution in [0.25, 0.3) is 0 Å². The number of amides is 2. The van der Waals surface area contributed by atoms with E-state index in [0.717, 1.165) is 11.1 Å². The van der Waals surface area contributed by atoms with E-state index in [1.807, 2.05) is 0 Å². The van der Waals surface area contributed by atoms with Gasteiger partial charge < -0.3 is 4.74 Å². The SMILES string of the molecule is C/C(=N\NC(=O)COCC(=O)N/N=C(\C)c1ccc(Cl)cc1)c1ccc(Cl)cc1. The van der Waals surface area contributed by atoms with Crippen molar-refractivity contribution >= 4 is 46.4 Å². The van der Waals surface area contributed by atoms with E-state index in [2.05, 4.69) is 21.1 Å². The highest BCUT2D eigenvalue weighted by Gasteiger charge is 2.06. The number of hydrogen-bond acceptors (Lipinski definition) is 5. The molecule has 0 aliphatic heterocycles. The fraction of sp³-hybridized carbons (Fsp3) is 0.200.